The molecule has 0 saturated carbocycles. The number of aryl methyl sites for hydroxylation is 2. The van der Waals surface area contributed by atoms with Gasteiger partial charge in [-0.3, -0.25) is 14.6 Å². The normalized spacial score (nSPS) is 11.9. The molecule has 6 nitrogen and oxygen atoms in total. The van der Waals surface area contributed by atoms with Gasteiger partial charge in [-0.05, 0) is 49.6 Å². The van der Waals surface area contributed by atoms with E-state index in [0.29, 0.717) is 30.6 Å². The third kappa shape index (κ3) is 5.17. The van der Waals surface area contributed by atoms with Crippen LogP contribution >= 0.6 is 0 Å². The van der Waals surface area contributed by atoms with Crippen LogP contribution in [0, 0.1) is 6.92 Å². The zero-order valence-corrected chi connectivity index (χ0v) is 19.9. The molecule has 0 spiro atoms. The van der Waals surface area contributed by atoms with E-state index in [2.05, 4.69) is 22.4 Å². The molecule has 4 aromatic rings. The highest BCUT2D eigenvalue weighted by Gasteiger charge is 2.24. The fourth-order valence-electron chi connectivity index (χ4n) is 4.30. The summed E-state index contributed by atoms with van der Waals surface area (Å²) in [5, 5.41) is 3.85. The van der Waals surface area contributed by atoms with Gasteiger partial charge in [0.1, 0.15) is 5.69 Å². The summed E-state index contributed by atoms with van der Waals surface area (Å²) >= 11 is 0. The van der Waals surface area contributed by atoms with Crippen molar-refractivity contribution < 1.29 is 9.59 Å². The highest BCUT2D eigenvalue weighted by molar-refractivity contribution is 6.06. The van der Waals surface area contributed by atoms with Crippen molar-refractivity contribution in [1.29, 1.82) is 0 Å². The van der Waals surface area contributed by atoms with E-state index in [1.54, 1.807) is 10.6 Å². The molecule has 2 heterocycles. The number of nitrogens with zero attached hydrogens (tertiary/aromatic N) is 3. The first-order chi connectivity index (χ1) is 16.4. The Balaban J connectivity index is 1.55. The highest BCUT2D eigenvalue weighted by Crippen LogP contribution is 2.22. The first-order valence-corrected chi connectivity index (χ1v) is 11.5. The third-order valence-electron chi connectivity index (χ3n) is 6.20. The molecule has 0 radical (unpaired) electrons. The minimum atomic E-state index is -0.115. The van der Waals surface area contributed by atoms with Crippen LogP contribution in [-0.2, 0) is 13.5 Å². The van der Waals surface area contributed by atoms with Crippen molar-refractivity contribution in [2.45, 2.75) is 25.8 Å². The van der Waals surface area contributed by atoms with Crippen LogP contribution < -0.4 is 5.32 Å². The summed E-state index contributed by atoms with van der Waals surface area (Å²) in [4.78, 5) is 32.6. The Morgan fingerprint density at radius 2 is 1.76 bits per heavy atom. The lowest BCUT2D eigenvalue weighted by Crippen LogP contribution is -2.41. The van der Waals surface area contributed by atoms with Gasteiger partial charge >= 0.3 is 0 Å². The minimum Gasteiger partial charge on any atom is -0.351 e. The van der Waals surface area contributed by atoms with Crippen LogP contribution in [0.2, 0.25) is 0 Å². The smallest absolute Gasteiger partial charge is 0.267 e. The number of para-hydroxylation sites is 1. The number of rotatable bonds is 8. The average molecular weight is 455 g/mol. The van der Waals surface area contributed by atoms with Crippen LogP contribution in [0.4, 0.5) is 0 Å². The van der Waals surface area contributed by atoms with Crippen LogP contribution in [0.1, 0.15) is 38.5 Å². The SMILES string of the molecule is Cc1cc(C(=O)N(C)[C@H](CCNC(=O)c2cccn2C)Cc2ccccc2)c2ccccc2n1. The number of hydrogen-bond acceptors (Lipinski definition) is 3. The predicted octanol–water partition coefficient (Wildman–Crippen LogP) is 4.39. The van der Waals surface area contributed by atoms with Gasteiger partial charge in [0.15, 0.2) is 0 Å². The average Bonchev–Trinajstić information content (AvgIpc) is 3.28. The number of carbonyl (C=O) groups is 2. The standard InChI is InChI=1S/C28H30N4O2/c1-20-18-24(23-12-7-8-13-25(23)30-20)28(34)32(3)22(19-21-10-5-4-6-11-21)15-16-29-27(33)26-14-9-17-31(26)2/h4-14,17-18,22H,15-16,19H2,1-3H3,(H,29,33)/t22-/m1/s1. The first-order valence-electron chi connectivity index (χ1n) is 11.5. The lowest BCUT2D eigenvalue weighted by molar-refractivity contribution is 0.0724. The summed E-state index contributed by atoms with van der Waals surface area (Å²) < 4.78 is 1.79. The molecule has 1 N–H and O–H groups in total. The maximum absolute atomic E-state index is 13.7. The number of nitrogens with one attached hydrogen (secondary N) is 1. The molecule has 4 rings (SSSR count). The van der Waals surface area contributed by atoms with Crippen molar-refractivity contribution in [2.24, 2.45) is 7.05 Å². The molecule has 2 aromatic carbocycles. The van der Waals surface area contributed by atoms with E-state index in [1.165, 1.54) is 0 Å². The quantitative estimate of drug-likeness (QED) is 0.430. The molecule has 0 saturated heterocycles. The van der Waals surface area contributed by atoms with E-state index in [9.17, 15) is 9.59 Å². The van der Waals surface area contributed by atoms with Crippen molar-refractivity contribution in [3.05, 3.63) is 102 Å². The van der Waals surface area contributed by atoms with E-state index in [-0.39, 0.29) is 17.9 Å². The van der Waals surface area contributed by atoms with Crippen LogP contribution in [0.25, 0.3) is 10.9 Å². The minimum absolute atomic E-state index is 0.0450. The molecule has 174 valence electrons. The van der Waals surface area contributed by atoms with Crippen LogP contribution in [0.15, 0.2) is 79.0 Å². The summed E-state index contributed by atoms with van der Waals surface area (Å²) in [5.74, 6) is -0.160. The van der Waals surface area contributed by atoms with Gasteiger partial charge in [0.05, 0.1) is 11.1 Å². The second kappa shape index (κ2) is 10.3. The van der Waals surface area contributed by atoms with Gasteiger partial charge in [0.25, 0.3) is 11.8 Å². The van der Waals surface area contributed by atoms with Crippen molar-refractivity contribution in [1.82, 2.24) is 19.8 Å². The predicted molar refractivity (Wildman–Crippen MR) is 135 cm³/mol. The molecular formula is C28H30N4O2. The Morgan fingerprint density at radius 3 is 2.50 bits per heavy atom. The van der Waals surface area contributed by atoms with E-state index in [4.69, 9.17) is 0 Å². The molecule has 0 aliphatic rings. The molecule has 0 unspecified atom stereocenters. The van der Waals surface area contributed by atoms with E-state index >= 15 is 0 Å². The zero-order valence-electron chi connectivity index (χ0n) is 19.9. The van der Waals surface area contributed by atoms with E-state index in [1.807, 2.05) is 86.7 Å². The fourth-order valence-corrected chi connectivity index (χ4v) is 4.30. The summed E-state index contributed by atoms with van der Waals surface area (Å²) in [6.45, 7) is 2.37. The molecule has 0 fully saturated rings. The number of likely N-dealkylation sites (N-methyl/N-ethyl adjacent to an activating group) is 1. The molecule has 0 aliphatic heterocycles. The second-order valence-electron chi connectivity index (χ2n) is 8.64. The number of benzene rings is 2. The maximum Gasteiger partial charge on any atom is 0.267 e. The van der Waals surface area contributed by atoms with Crippen molar-refractivity contribution in [2.75, 3.05) is 13.6 Å². The number of carbonyl (C=O) groups excluding carboxylic acids is 2. The lowest BCUT2D eigenvalue weighted by Gasteiger charge is -2.29. The zero-order chi connectivity index (χ0) is 24.1. The highest BCUT2D eigenvalue weighted by atomic mass is 16.2. The number of amides is 2. The molecule has 34 heavy (non-hydrogen) atoms. The van der Waals surface area contributed by atoms with Gasteiger partial charge in [0.2, 0.25) is 0 Å². The van der Waals surface area contributed by atoms with Crippen LogP contribution in [0.5, 0.6) is 0 Å². The largest absolute Gasteiger partial charge is 0.351 e. The lowest BCUT2D eigenvalue weighted by atomic mass is 10.00. The Labute approximate surface area is 200 Å². The summed E-state index contributed by atoms with van der Waals surface area (Å²) in [6, 6.07) is 23.3. The number of aromatic nitrogens is 2. The Hall–Kier alpha value is -3.93. The monoisotopic (exact) mass is 454 g/mol. The maximum atomic E-state index is 13.7. The molecule has 6 heteroatoms. The summed E-state index contributed by atoms with van der Waals surface area (Å²) in [7, 11) is 3.69. The number of fused-ring (bicyclic) bond motifs is 1. The number of pyridine rings is 1. The van der Waals surface area contributed by atoms with Crippen LogP contribution in [-0.4, -0.2) is 45.9 Å². The van der Waals surface area contributed by atoms with Crippen molar-refractivity contribution >= 4 is 22.7 Å². The summed E-state index contributed by atoms with van der Waals surface area (Å²) in [6.07, 6.45) is 3.18. The summed E-state index contributed by atoms with van der Waals surface area (Å²) in [5.41, 5.74) is 4.04. The van der Waals surface area contributed by atoms with E-state index in [0.717, 1.165) is 22.2 Å². The molecule has 0 aliphatic carbocycles. The molecular weight excluding hydrogens is 424 g/mol. The molecule has 2 amide bonds. The topological polar surface area (TPSA) is 67.2 Å². The first kappa shape index (κ1) is 23.2. The van der Waals surface area contributed by atoms with Crippen molar-refractivity contribution in [3.63, 3.8) is 0 Å². The van der Waals surface area contributed by atoms with E-state index < -0.39 is 0 Å². The van der Waals surface area contributed by atoms with Crippen molar-refractivity contribution in [3.8, 4) is 0 Å². The number of hydrogen-bond donors (Lipinski definition) is 1. The Kier molecular flexibility index (Phi) is 7.07. The third-order valence-corrected chi connectivity index (χ3v) is 6.20. The molecule has 2 aromatic heterocycles. The van der Waals surface area contributed by atoms with Gasteiger partial charge < -0.3 is 14.8 Å². The Bertz CT molecular complexity index is 1300. The molecule has 1 atom stereocenters. The van der Waals surface area contributed by atoms with Gasteiger partial charge in [0, 0.05) is 44.0 Å². The van der Waals surface area contributed by atoms with Gasteiger partial charge in [-0.15, -0.1) is 0 Å². The molecule has 0 bridgehead atoms. The Morgan fingerprint density at radius 1 is 1.03 bits per heavy atom. The van der Waals surface area contributed by atoms with Gasteiger partial charge in [-0.25, -0.2) is 0 Å². The van der Waals surface area contributed by atoms with Crippen LogP contribution in [0.3, 0.4) is 0 Å². The van der Waals surface area contributed by atoms with Gasteiger partial charge in [-0.1, -0.05) is 48.5 Å². The second-order valence-corrected chi connectivity index (χ2v) is 8.64. The fraction of sp³-hybridized carbons (Fsp3) is 0.250. The van der Waals surface area contributed by atoms with Gasteiger partial charge in [-0.2, -0.15) is 0 Å².